The van der Waals surface area contributed by atoms with Gasteiger partial charge in [0.25, 0.3) is 0 Å². The topological polar surface area (TPSA) is 29.3 Å². The predicted octanol–water partition coefficient (Wildman–Crippen LogP) is 3.34. The molecule has 1 aliphatic heterocycles. The van der Waals surface area contributed by atoms with Gasteiger partial charge < -0.3 is 5.73 Å². The van der Waals surface area contributed by atoms with Crippen molar-refractivity contribution in [2.45, 2.75) is 19.4 Å². The first-order valence-electron chi connectivity index (χ1n) is 6.01. The van der Waals surface area contributed by atoms with Crippen LogP contribution in [0.5, 0.6) is 0 Å². The van der Waals surface area contributed by atoms with Crippen LogP contribution in [0.3, 0.4) is 0 Å². The summed E-state index contributed by atoms with van der Waals surface area (Å²) in [5, 5.41) is 1.25. The van der Waals surface area contributed by atoms with Gasteiger partial charge in [-0.1, -0.05) is 42.3 Å². The summed E-state index contributed by atoms with van der Waals surface area (Å²) in [5.41, 5.74) is 6.96. The molecule has 0 radical (unpaired) electrons. The molecule has 1 saturated heterocycles. The molecule has 2 atom stereocenters. The van der Waals surface area contributed by atoms with E-state index >= 15 is 0 Å². The third-order valence-electron chi connectivity index (χ3n) is 3.46. The zero-order valence-corrected chi connectivity index (χ0v) is 11.5. The summed E-state index contributed by atoms with van der Waals surface area (Å²) < 4.78 is 0. The van der Waals surface area contributed by atoms with E-state index in [9.17, 15) is 0 Å². The minimum absolute atomic E-state index is 0.186. The number of nitrogens with two attached hydrogens (primary N) is 1. The number of nitrogens with zero attached hydrogens (tertiary/aromatic N) is 1. The van der Waals surface area contributed by atoms with Gasteiger partial charge in [-0.25, -0.2) is 0 Å². The fraction of sp³-hybridized carbons (Fsp3) is 0.538. The van der Waals surface area contributed by atoms with Crippen LogP contribution in [0.25, 0.3) is 0 Å². The Labute approximate surface area is 113 Å². The number of hydrogen-bond donors (Lipinski definition) is 1. The maximum absolute atomic E-state index is 6.27. The molecule has 2 N–H and O–H groups in total. The molecule has 0 spiro atoms. The smallest absolute Gasteiger partial charge is 0.0640 e. The number of halogens is 2. The van der Waals surface area contributed by atoms with Gasteiger partial charge >= 0.3 is 0 Å². The summed E-state index contributed by atoms with van der Waals surface area (Å²) in [6.07, 6.45) is 1.23. The van der Waals surface area contributed by atoms with Crippen LogP contribution in [0.15, 0.2) is 18.2 Å². The highest BCUT2D eigenvalue weighted by Crippen LogP contribution is 2.34. The first-order valence-corrected chi connectivity index (χ1v) is 6.77. The average molecular weight is 273 g/mol. The minimum atomic E-state index is 0.186. The maximum atomic E-state index is 6.27. The van der Waals surface area contributed by atoms with Gasteiger partial charge in [-0.3, -0.25) is 4.90 Å². The van der Waals surface area contributed by atoms with Crippen molar-refractivity contribution in [3.63, 3.8) is 0 Å². The van der Waals surface area contributed by atoms with E-state index in [0.29, 0.717) is 16.6 Å². The quantitative estimate of drug-likeness (QED) is 0.915. The van der Waals surface area contributed by atoms with Crippen molar-refractivity contribution in [3.8, 4) is 0 Å². The van der Waals surface area contributed by atoms with E-state index in [1.807, 2.05) is 18.2 Å². The van der Waals surface area contributed by atoms with Crippen molar-refractivity contribution in [1.29, 1.82) is 0 Å². The van der Waals surface area contributed by atoms with E-state index in [0.717, 1.165) is 24.6 Å². The lowest BCUT2D eigenvalue weighted by molar-refractivity contribution is 0.244. The molecular formula is C13H18Cl2N2. The summed E-state index contributed by atoms with van der Waals surface area (Å²) in [5.74, 6) is 0.738. The lowest BCUT2D eigenvalue weighted by Crippen LogP contribution is -2.32. The Morgan fingerprint density at radius 1 is 1.47 bits per heavy atom. The molecule has 0 aromatic heterocycles. The van der Waals surface area contributed by atoms with Crippen LogP contribution in [0, 0.1) is 5.92 Å². The fourth-order valence-electron chi connectivity index (χ4n) is 2.50. The van der Waals surface area contributed by atoms with Crippen molar-refractivity contribution in [3.05, 3.63) is 33.8 Å². The second-order valence-corrected chi connectivity index (χ2v) is 5.57. The van der Waals surface area contributed by atoms with Gasteiger partial charge in [-0.15, -0.1) is 0 Å². The zero-order chi connectivity index (χ0) is 12.4. The fourth-order valence-corrected chi connectivity index (χ4v) is 2.94. The van der Waals surface area contributed by atoms with Crippen LogP contribution < -0.4 is 5.73 Å². The van der Waals surface area contributed by atoms with E-state index in [-0.39, 0.29) is 6.04 Å². The molecule has 0 bridgehead atoms. The highest BCUT2D eigenvalue weighted by Gasteiger charge is 2.27. The summed E-state index contributed by atoms with van der Waals surface area (Å²) in [7, 11) is 0. The van der Waals surface area contributed by atoms with Crippen LogP contribution in [0.1, 0.15) is 24.9 Å². The molecule has 1 aromatic rings. The molecule has 2 nitrogen and oxygen atoms in total. The second kappa shape index (κ2) is 5.57. The summed E-state index contributed by atoms with van der Waals surface area (Å²) >= 11 is 12.3. The van der Waals surface area contributed by atoms with Crippen molar-refractivity contribution >= 4 is 23.2 Å². The van der Waals surface area contributed by atoms with Crippen molar-refractivity contribution in [1.82, 2.24) is 4.90 Å². The Morgan fingerprint density at radius 3 is 2.82 bits per heavy atom. The monoisotopic (exact) mass is 272 g/mol. The van der Waals surface area contributed by atoms with E-state index in [1.54, 1.807) is 0 Å². The van der Waals surface area contributed by atoms with Crippen LogP contribution in [0.4, 0.5) is 0 Å². The maximum Gasteiger partial charge on any atom is 0.0640 e. The molecule has 1 fully saturated rings. The molecule has 1 heterocycles. The van der Waals surface area contributed by atoms with Gasteiger partial charge in [0, 0.05) is 19.1 Å². The third kappa shape index (κ3) is 2.76. The number of rotatable bonds is 3. The molecule has 4 heteroatoms. The van der Waals surface area contributed by atoms with Gasteiger partial charge in [0.1, 0.15) is 0 Å². The van der Waals surface area contributed by atoms with Crippen molar-refractivity contribution in [2.75, 3.05) is 19.6 Å². The number of likely N-dealkylation sites (tertiary alicyclic amines) is 1. The second-order valence-electron chi connectivity index (χ2n) is 4.78. The van der Waals surface area contributed by atoms with Gasteiger partial charge in [0.05, 0.1) is 10.0 Å². The van der Waals surface area contributed by atoms with Crippen LogP contribution in [-0.4, -0.2) is 24.5 Å². The normalized spacial score (nSPS) is 22.9. The van der Waals surface area contributed by atoms with E-state index in [1.165, 1.54) is 6.42 Å². The van der Waals surface area contributed by atoms with Crippen molar-refractivity contribution in [2.24, 2.45) is 11.7 Å². The predicted molar refractivity (Wildman–Crippen MR) is 73.6 cm³/mol. The summed E-state index contributed by atoms with van der Waals surface area (Å²) in [6, 6.07) is 5.96. The highest BCUT2D eigenvalue weighted by atomic mass is 35.5. The van der Waals surface area contributed by atoms with E-state index in [4.69, 9.17) is 28.9 Å². The SMILES string of the molecule is CC1CCN(C(CN)c2cccc(Cl)c2Cl)C1. The molecule has 2 rings (SSSR count). The van der Waals surface area contributed by atoms with Gasteiger partial charge in [-0.2, -0.15) is 0 Å². The third-order valence-corrected chi connectivity index (χ3v) is 4.29. The standard InChI is InChI=1S/C13H18Cl2N2/c1-9-5-6-17(8-9)12(7-16)10-3-2-4-11(14)13(10)15/h2-4,9,12H,5-8,16H2,1H3. The molecule has 0 amide bonds. The molecule has 94 valence electrons. The van der Waals surface area contributed by atoms with E-state index in [2.05, 4.69) is 11.8 Å². The van der Waals surface area contributed by atoms with E-state index < -0.39 is 0 Å². The first kappa shape index (κ1) is 13.2. The average Bonchev–Trinajstić information content (AvgIpc) is 2.72. The number of hydrogen-bond acceptors (Lipinski definition) is 2. The Hall–Kier alpha value is -0.280. The van der Waals surface area contributed by atoms with Crippen LogP contribution >= 0.6 is 23.2 Å². The Kier molecular flexibility index (Phi) is 4.31. The summed E-state index contributed by atoms with van der Waals surface area (Å²) in [4.78, 5) is 2.40. The van der Waals surface area contributed by atoms with Gasteiger partial charge in [0.15, 0.2) is 0 Å². The lowest BCUT2D eigenvalue weighted by atomic mass is 10.1. The van der Waals surface area contributed by atoms with Crippen LogP contribution in [0.2, 0.25) is 10.0 Å². The Bertz CT molecular complexity index is 395. The van der Waals surface area contributed by atoms with Crippen LogP contribution in [-0.2, 0) is 0 Å². The highest BCUT2D eigenvalue weighted by molar-refractivity contribution is 6.42. The van der Waals surface area contributed by atoms with Gasteiger partial charge in [0.2, 0.25) is 0 Å². The molecule has 1 aliphatic rings. The molecule has 0 saturated carbocycles. The number of benzene rings is 1. The molecule has 17 heavy (non-hydrogen) atoms. The first-order chi connectivity index (χ1) is 8.13. The Morgan fingerprint density at radius 2 is 2.24 bits per heavy atom. The largest absolute Gasteiger partial charge is 0.329 e. The Balaban J connectivity index is 2.26. The van der Waals surface area contributed by atoms with Gasteiger partial charge in [-0.05, 0) is 30.5 Å². The molecule has 1 aromatic carbocycles. The molecular weight excluding hydrogens is 255 g/mol. The van der Waals surface area contributed by atoms with Crippen molar-refractivity contribution < 1.29 is 0 Å². The minimum Gasteiger partial charge on any atom is -0.329 e. The summed E-state index contributed by atoms with van der Waals surface area (Å²) in [6.45, 7) is 5.02. The molecule has 0 aliphatic carbocycles. The molecule has 2 unspecified atom stereocenters. The lowest BCUT2D eigenvalue weighted by Gasteiger charge is -2.28. The zero-order valence-electron chi connectivity index (χ0n) is 10.00.